The maximum Gasteiger partial charge on any atom is 0.338 e. The predicted molar refractivity (Wildman–Crippen MR) is 99.0 cm³/mol. The van der Waals surface area contributed by atoms with Gasteiger partial charge in [0, 0.05) is 12.1 Å². The molecule has 0 fully saturated rings. The number of ether oxygens (including phenoxy) is 1. The lowest BCUT2D eigenvalue weighted by atomic mass is 10.2. The molecular formula is C19H17FN2O5S. The number of hydrogen-bond acceptors (Lipinski definition) is 5. The minimum absolute atomic E-state index is 0.0414. The van der Waals surface area contributed by atoms with Gasteiger partial charge in [-0.3, -0.25) is 4.79 Å². The average Bonchev–Trinajstić information content (AvgIpc) is 2.70. The molecule has 0 aliphatic rings. The molecule has 9 heteroatoms. The molecule has 0 aromatic heterocycles. The van der Waals surface area contributed by atoms with Crippen LogP contribution in [0, 0.1) is 18.2 Å². The average molecular weight is 404 g/mol. The number of rotatable bonds is 8. The zero-order chi connectivity index (χ0) is 20.6. The molecule has 28 heavy (non-hydrogen) atoms. The van der Waals surface area contributed by atoms with Crippen molar-refractivity contribution in [3.05, 3.63) is 65.5 Å². The van der Waals surface area contributed by atoms with Crippen LogP contribution in [0.4, 0.5) is 4.39 Å². The lowest BCUT2D eigenvalue weighted by Gasteiger charge is -2.08. The van der Waals surface area contributed by atoms with Gasteiger partial charge in [-0.05, 0) is 30.3 Å². The van der Waals surface area contributed by atoms with Crippen LogP contribution < -0.4 is 10.0 Å². The van der Waals surface area contributed by atoms with E-state index in [1.165, 1.54) is 42.5 Å². The maximum absolute atomic E-state index is 13.5. The molecule has 0 bridgehead atoms. The summed E-state index contributed by atoms with van der Waals surface area (Å²) in [4.78, 5) is 23.6. The summed E-state index contributed by atoms with van der Waals surface area (Å²) < 4.78 is 44.3. The lowest BCUT2D eigenvalue weighted by Crippen LogP contribution is -2.28. The summed E-state index contributed by atoms with van der Waals surface area (Å²) in [6.07, 6.45) is 5.01. The van der Waals surface area contributed by atoms with Gasteiger partial charge in [0.05, 0.1) is 17.0 Å². The summed E-state index contributed by atoms with van der Waals surface area (Å²) in [5.74, 6) is 0.292. The van der Waals surface area contributed by atoms with Crippen LogP contribution >= 0.6 is 0 Å². The maximum atomic E-state index is 13.5. The Kier molecular flexibility index (Phi) is 7.26. The molecule has 146 valence electrons. The van der Waals surface area contributed by atoms with Gasteiger partial charge in [0.15, 0.2) is 6.61 Å². The van der Waals surface area contributed by atoms with Gasteiger partial charge in [-0.25, -0.2) is 17.6 Å². The number of terminal acetylenes is 1. The highest BCUT2D eigenvalue weighted by atomic mass is 32.2. The minimum Gasteiger partial charge on any atom is -0.452 e. The molecule has 0 atom stereocenters. The van der Waals surface area contributed by atoms with Crippen LogP contribution in [0.1, 0.15) is 15.9 Å². The first-order chi connectivity index (χ1) is 13.3. The van der Waals surface area contributed by atoms with Crippen LogP contribution in [0.2, 0.25) is 0 Å². The zero-order valence-corrected chi connectivity index (χ0v) is 15.5. The highest BCUT2D eigenvalue weighted by Gasteiger charge is 2.15. The molecule has 0 radical (unpaired) electrons. The molecule has 2 rings (SSSR count). The van der Waals surface area contributed by atoms with Gasteiger partial charge < -0.3 is 10.1 Å². The van der Waals surface area contributed by atoms with Gasteiger partial charge in [0.25, 0.3) is 5.91 Å². The Bertz CT molecular complexity index is 998. The van der Waals surface area contributed by atoms with Crippen LogP contribution in [0.15, 0.2) is 53.4 Å². The number of carbonyl (C=O) groups excluding carboxylic acids is 2. The first-order valence-corrected chi connectivity index (χ1v) is 9.52. The first kappa shape index (κ1) is 21.1. The second kappa shape index (κ2) is 9.64. The number of hydrogen-bond donors (Lipinski definition) is 2. The number of sulfonamides is 1. The van der Waals surface area contributed by atoms with Crippen LogP contribution in [0.5, 0.6) is 0 Å². The van der Waals surface area contributed by atoms with Crippen molar-refractivity contribution in [3.8, 4) is 12.3 Å². The topological polar surface area (TPSA) is 102 Å². The second-order valence-corrected chi connectivity index (χ2v) is 7.26. The molecule has 2 aromatic carbocycles. The Labute approximate surface area is 162 Å². The number of carbonyl (C=O) groups is 2. The van der Waals surface area contributed by atoms with E-state index in [-0.39, 0.29) is 23.5 Å². The first-order valence-electron chi connectivity index (χ1n) is 8.04. The molecule has 0 aliphatic carbocycles. The van der Waals surface area contributed by atoms with Crippen LogP contribution in [-0.2, 0) is 26.1 Å². The van der Waals surface area contributed by atoms with E-state index in [9.17, 15) is 22.4 Å². The Morgan fingerprint density at radius 3 is 2.43 bits per heavy atom. The molecule has 0 aliphatic heterocycles. The molecule has 2 N–H and O–H groups in total. The third-order valence-corrected chi connectivity index (χ3v) is 4.95. The summed E-state index contributed by atoms with van der Waals surface area (Å²) in [5, 5.41) is 2.44. The molecular weight excluding hydrogens is 387 g/mol. The van der Waals surface area contributed by atoms with E-state index < -0.39 is 34.3 Å². The third-order valence-electron chi connectivity index (χ3n) is 3.53. The van der Waals surface area contributed by atoms with Crippen molar-refractivity contribution < 1.29 is 27.1 Å². The zero-order valence-electron chi connectivity index (χ0n) is 14.6. The number of halogens is 1. The molecule has 0 saturated heterocycles. The van der Waals surface area contributed by atoms with Gasteiger partial charge in [0.1, 0.15) is 5.82 Å². The van der Waals surface area contributed by atoms with Crippen LogP contribution in [-0.4, -0.2) is 33.4 Å². The molecule has 7 nitrogen and oxygen atoms in total. The molecule has 0 unspecified atom stereocenters. The van der Waals surface area contributed by atoms with E-state index in [1.54, 1.807) is 6.07 Å². The Morgan fingerprint density at radius 1 is 1.11 bits per heavy atom. The summed E-state index contributed by atoms with van der Waals surface area (Å²) in [5.41, 5.74) is 0.371. The van der Waals surface area contributed by atoms with E-state index in [4.69, 9.17) is 11.2 Å². The highest BCUT2D eigenvalue weighted by molar-refractivity contribution is 7.89. The molecule has 0 saturated carbocycles. The fourth-order valence-corrected chi connectivity index (χ4v) is 3.03. The minimum atomic E-state index is -3.77. The van der Waals surface area contributed by atoms with E-state index >= 15 is 0 Å². The van der Waals surface area contributed by atoms with Gasteiger partial charge in [-0.1, -0.05) is 24.1 Å². The predicted octanol–water partition coefficient (Wildman–Crippen LogP) is 1.21. The van der Waals surface area contributed by atoms with E-state index in [1.807, 2.05) is 0 Å². The van der Waals surface area contributed by atoms with Gasteiger partial charge in [-0.2, -0.15) is 4.72 Å². The van der Waals surface area contributed by atoms with Crippen molar-refractivity contribution in [1.82, 2.24) is 10.0 Å². The normalized spacial score (nSPS) is 10.7. The van der Waals surface area contributed by atoms with Gasteiger partial charge in [0.2, 0.25) is 10.0 Å². The Hall–Kier alpha value is -3.22. The summed E-state index contributed by atoms with van der Waals surface area (Å²) >= 11 is 0. The number of esters is 1. The fourth-order valence-electron chi connectivity index (χ4n) is 2.09. The van der Waals surface area contributed by atoms with Crippen molar-refractivity contribution in [2.24, 2.45) is 0 Å². The van der Waals surface area contributed by atoms with Crippen molar-refractivity contribution in [2.45, 2.75) is 11.4 Å². The standard InChI is InChI=1S/C19H17FN2O5S/c1-2-11-22-28(25,26)16-9-7-14(8-10-16)19(24)27-13-18(23)21-12-15-5-3-4-6-17(15)20/h1,3-10,22H,11-13H2,(H,21,23). The van der Waals surface area contributed by atoms with E-state index in [2.05, 4.69) is 16.0 Å². The molecule has 0 spiro atoms. The summed E-state index contributed by atoms with van der Waals surface area (Å²) in [6, 6.07) is 10.9. The monoisotopic (exact) mass is 404 g/mol. The fraction of sp³-hybridized carbons (Fsp3) is 0.158. The highest BCUT2D eigenvalue weighted by Crippen LogP contribution is 2.11. The largest absolute Gasteiger partial charge is 0.452 e. The van der Waals surface area contributed by atoms with E-state index in [0.29, 0.717) is 5.56 Å². The van der Waals surface area contributed by atoms with Gasteiger partial charge >= 0.3 is 5.97 Å². The summed E-state index contributed by atoms with van der Waals surface area (Å²) in [7, 11) is -3.77. The number of benzene rings is 2. The summed E-state index contributed by atoms with van der Waals surface area (Å²) in [6.45, 7) is -0.758. The van der Waals surface area contributed by atoms with E-state index in [0.717, 1.165) is 0 Å². The van der Waals surface area contributed by atoms with Crippen LogP contribution in [0.3, 0.4) is 0 Å². The SMILES string of the molecule is C#CCNS(=O)(=O)c1ccc(C(=O)OCC(=O)NCc2ccccc2F)cc1. The molecule has 2 aromatic rings. The van der Waals surface area contributed by atoms with Crippen LogP contribution in [0.25, 0.3) is 0 Å². The van der Waals surface area contributed by atoms with Crippen molar-refractivity contribution in [1.29, 1.82) is 0 Å². The smallest absolute Gasteiger partial charge is 0.338 e. The second-order valence-electron chi connectivity index (χ2n) is 5.50. The number of nitrogens with one attached hydrogen (secondary N) is 2. The lowest BCUT2D eigenvalue weighted by molar-refractivity contribution is -0.124. The Morgan fingerprint density at radius 2 is 1.79 bits per heavy atom. The van der Waals surface area contributed by atoms with Crippen molar-refractivity contribution in [3.63, 3.8) is 0 Å². The number of amides is 1. The molecule has 1 amide bonds. The van der Waals surface area contributed by atoms with Gasteiger partial charge in [-0.15, -0.1) is 6.42 Å². The molecule has 0 heterocycles. The quantitative estimate of drug-likeness (QED) is 0.509. The van der Waals surface area contributed by atoms with Crippen molar-refractivity contribution in [2.75, 3.05) is 13.2 Å². The third kappa shape index (κ3) is 5.90. The van der Waals surface area contributed by atoms with Crippen molar-refractivity contribution >= 4 is 21.9 Å². The Balaban J connectivity index is 1.86.